The fraction of sp³-hybridized carbons (Fsp3) is 0.900. The molecular weight excluding hydrogens is 162 g/mol. The van der Waals surface area contributed by atoms with Gasteiger partial charge in [0.2, 0.25) is 0 Å². The van der Waals surface area contributed by atoms with E-state index in [-0.39, 0.29) is 0 Å². The van der Waals surface area contributed by atoms with Crippen molar-refractivity contribution < 1.29 is 0 Å². The van der Waals surface area contributed by atoms with E-state index < -0.39 is 0 Å². The van der Waals surface area contributed by atoms with Crippen LogP contribution in [0.1, 0.15) is 33.1 Å². The number of nitrogens with one attached hydrogen (secondary N) is 1. The second-order valence-electron chi connectivity index (χ2n) is 4.21. The van der Waals surface area contributed by atoms with Gasteiger partial charge in [0.15, 0.2) is 5.96 Å². The molecule has 0 bridgehead atoms. The summed E-state index contributed by atoms with van der Waals surface area (Å²) in [6.45, 7) is 4.47. The lowest BCUT2D eigenvalue weighted by Gasteiger charge is -2.37. The van der Waals surface area contributed by atoms with Crippen molar-refractivity contribution in [2.24, 2.45) is 22.6 Å². The molecule has 76 valence electrons. The average molecular weight is 183 g/mol. The standard InChI is InChI=1S/C10H21N3/c1-7(2)9(8-5-4-6-8)13-10(11)12-3/h7-9H,4-6H2,1-3H3,(H3,11,12,13). The Hall–Kier alpha value is -0.730. The maximum atomic E-state index is 5.67. The molecule has 3 N–H and O–H groups in total. The van der Waals surface area contributed by atoms with Crippen molar-refractivity contribution in [3.8, 4) is 0 Å². The molecule has 1 fully saturated rings. The largest absolute Gasteiger partial charge is 0.370 e. The summed E-state index contributed by atoms with van der Waals surface area (Å²) >= 11 is 0. The summed E-state index contributed by atoms with van der Waals surface area (Å²) < 4.78 is 0. The van der Waals surface area contributed by atoms with Gasteiger partial charge in [-0.3, -0.25) is 4.99 Å². The Morgan fingerprint density at radius 2 is 2.08 bits per heavy atom. The number of nitrogens with zero attached hydrogens (tertiary/aromatic N) is 1. The van der Waals surface area contributed by atoms with Crippen molar-refractivity contribution in [2.75, 3.05) is 7.05 Å². The normalized spacial score (nSPS) is 21.4. The van der Waals surface area contributed by atoms with Crippen LogP contribution in [0.25, 0.3) is 0 Å². The highest BCUT2D eigenvalue weighted by molar-refractivity contribution is 5.78. The van der Waals surface area contributed by atoms with Gasteiger partial charge in [0.25, 0.3) is 0 Å². The molecule has 0 aromatic heterocycles. The molecule has 0 heterocycles. The first kappa shape index (κ1) is 10.4. The summed E-state index contributed by atoms with van der Waals surface area (Å²) in [5, 5.41) is 3.30. The second kappa shape index (κ2) is 4.49. The second-order valence-corrected chi connectivity index (χ2v) is 4.21. The molecule has 0 radical (unpaired) electrons. The topological polar surface area (TPSA) is 50.4 Å². The Labute approximate surface area is 80.8 Å². The van der Waals surface area contributed by atoms with Crippen LogP contribution < -0.4 is 11.1 Å². The summed E-state index contributed by atoms with van der Waals surface area (Å²) in [4.78, 5) is 3.93. The molecule has 3 heteroatoms. The van der Waals surface area contributed by atoms with Crippen molar-refractivity contribution in [1.29, 1.82) is 0 Å². The summed E-state index contributed by atoms with van der Waals surface area (Å²) in [5.74, 6) is 2.01. The minimum absolute atomic E-state index is 0.512. The average Bonchev–Trinajstić information content (AvgIpc) is 1.99. The third kappa shape index (κ3) is 2.61. The lowest BCUT2D eigenvalue weighted by Crippen LogP contribution is -2.48. The van der Waals surface area contributed by atoms with Crippen LogP contribution in [0.15, 0.2) is 4.99 Å². The van der Waals surface area contributed by atoms with Gasteiger partial charge in [-0.15, -0.1) is 0 Å². The molecule has 1 unspecified atom stereocenters. The number of hydrogen-bond acceptors (Lipinski definition) is 1. The number of rotatable bonds is 3. The van der Waals surface area contributed by atoms with Crippen molar-refractivity contribution in [1.82, 2.24) is 5.32 Å². The summed E-state index contributed by atoms with van der Waals surface area (Å²) in [7, 11) is 1.72. The highest BCUT2D eigenvalue weighted by Gasteiger charge is 2.29. The van der Waals surface area contributed by atoms with E-state index >= 15 is 0 Å². The van der Waals surface area contributed by atoms with E-state index in [1.54, 1.807) is 7.05 Å². The van der Waals surface area contributed by atoms with Gasteiger partial charge in [0.05, 0.1) is 0 Å². The first-order chi connectivity index (χ1) is 6.15. The monoisotopic (exact) mass is 183 g/mol. The maximum absolute atomic E-state index is 5.67. The van der Waals surface area contributed by atoms with Crippen LogP contribution in [-0.2, 0) is 0 Å². The molecule has 1 rings (SSSR count). The van der Waals surface area contributed by atoms with Gasteiger partial charge in [0.1, 0.15) is 0 Å². The molecule has 1 aliphatic carbocycles. The Kier molecular flexibility index (Phi) is 3.58. The molecule has 3 nitrogen and oxygen atoms in total. The van der Waals surface area contributed by atoms with E-state index in [9.17, 15) is 0 Å². The number of aliphatic imine (C=N–C) groups is 1. The Morgan fingerprint density at radius 3 is 2.38 bits per heavy atom. The van der Waals surface area contributed by atoms with Crippen LogP contribution in [0.3, 0.4) is 0 Å². The van der Waals surface area contributed by atoms with Gasteiger partial charge in [-0.25, -0.2) is 0 Å². The molecular formula is C10H21N3. The first-order valence-corrected chi connectivity index (χ1v) is 5.14. The SMILES string of the molecule is CN=C(N)NC(C(C)C)C1CCC1. The van der Waals surface area contributed by atoms with Crippen LogP contribution in [0, 0.1) is 11.8 Å². The van der Waals surface area contributed by atoms with E-state index in [0.717, 1.165) is 5.92 Å². The minimum atomic E-state index is 0.512. The Morgan fingerprint density at radius 1 is 1.46 bits per heavy atom. The third-order valence-corrected chi connectivity index (χ3v) is 2.93. The summed E-state index contributed by atoms with van der Waals surface area (Å²) in [6, 6.07) is 0.512. The van der Waals surface area contributed by atoms with Crippen molar-refractivity contribution in [3.05, 3.63) is 0 Å². The van der Waals surface area contributed by atoms with E-state index in [0.29, 0.717) is 17.9 Å². The number of hydrogen-bond donors (Lipinski definition) is 2. The molecule has 0 aliphatic heterocycles. The zero-order chi connectivity index (χ0) is 9.84. The molecule has 13 heavy (non-hydrogen) atoms. The van der Waals surface area contributed by atoms with E-state index in [2.05, 4.69) is 24.2 Å². The van der Waals surface area contributed by atoms with Crippen LogP contribution in [-0.4, -0.2) is 19.0 Å². The van der Waals surface area contributed by atoms with Crippen molar-refractivity contribution in [2.45, 2.75) is 39.2 Å². The molecule has 0 aromatic rings. The third-order valence-electron chi connectivity index (χ3n) is 2.93. The Bertz CT molecular complexity index is 183. The molecule has 0 saturated heterocycles. The van der Waals surface area contributed by atoms with Gasteiger partial charge in [0, 0.05) is 13.1 Å². The predicted molar refractivity (Wildman–Crippen MR) is 56.6 cm³/mol. The van der Waals surface area contributed by atoms with Crippen LogP contribution in [0.2, 0.25) is 0 Å². The lowest BCUT2D eigenvalue weighted by atomic mass is 9.76. The number of guanidine groups is 1. The fourth-order valence-electron chi connectivity index (χ4n) is 1.86. The van der Waals surface area contributed by atoms with Gasteiger partial charge in [-0.1, -0.05) is 20.3 Å². The van der Waals surface area contributed by atoms with Crippen molar-refractivity contribution >= 4 is 5.96 Å². The van der Waals surface area contributed by atoms with Crippen LogP contribution in [0.5, 0.6) is 0 Å². The van der Waals surface area contributed by atoms with E-state index in [4.69, 9.17) is 5.73 Å². The van der Waals surface area contributed by atoms with E-state index in [1.165, 1.54) is 19.3 Å². The first-order valence-electron chi connectivity index (χ1n) is 5.14. The van der Waals surface area contributed by atoms with E-state index in [1.807, 2.05) is 0 Å². The molecule has 0 aromatic carbocycles. The predicted octanol–water partition coefficient (Wildman–Crippen LogP) is 1.35. The quantitative estimate of drug-likeness (QED) is 0.512. The summed E-state index contributed by atoms with van der Waals surface area (Å²) in [6.07, 6.45) is 4.05. The fourth-order valence-corrected chi connectivity index (χ4v) is 1.86. The van der Waals surface area contributed by atoms with Gasteiger partial charge < -0.3 is 11.1 Å². The van der Waals surface area contributed by atoms with Crippen molar-refractivity contribution in [3.63, 3.8) is 0 Å². The molecule has 1 atom stereocenters. The smallest absolute Gasteiger partial charge is 0.188 e. The molecule has 1 saturated carbocycles. The van der Waals surface area contributed by atoms with Crippen LogP contribution in [0.4, 0.5) is 0 Å². The van der Waals surface area contributed by atoms with Crippen LogP contribution >= 0.6 is 0 Å². The van der Waals surface area contributed by atoms with Gasteiger partial charge >= 0.3 is 0 Å². The van der Waals surface area contributed by atoms with Gasteiger partial charge in [-0.05, 0) is 24.7 Å². The zero-order valence-electron chi connectivity index (χ0n) is 8.88. The molecule has 0 amide bonds. The lowest BCUT2D eigenvalue weighted by molar-refractivity contribution is 0.206. The molecule has 1 aliphatic rings. The molecule has 0 spiro atoms. The van der Waals surface area contributed by atoms with Gasteiger partial charge in [-0.2, -0.15) is 0 Å². The number of nitrogens with two attached hydrogens (primary N) is 1. The summed E-state index contributed by atoms with van der Waals surface area (Å²) in [5.41, 5.74) is 5.67. The Balaban J connectivity index is 2.47. The maximum Gasteiger partial charge on any atom is 0.188 e. The highest BCUT2D eigenvalue weighted by atomic mass is 15.1. The highest BCUT2D eigenvalue weighted by Crippen LogP contribution is 2.32. The zero-order valence-corrected chi connectivity index (χ0v) is 8.88. The minimum Gasteiger partial charge on any atom is -0.370 e.